The molecule has 0 aliphatic heterocycles. The number of carbonyl (C=O) groups excluding carboxylic acids is 1. The van der Waals surface area contributed by atoms with Crippen LogP contribution in [0.25, 0.3) is 33.6 Å². The van der Waals surface area contributed by atoms with E-state index in [2.05, 4.69) is 21.0 Å². The van der Waals surface area contributed by atoms with E-state index in [1.54, 1.807) is 0 Å². The molecule has 0 radical (unpaired) electrons. The van der Waals surface area contributed by atoms with Crippen LogP contribution in [0.4, 0.5) is 0 Å². The van der Waals surface area contributed by atoms with Gasteiger partial charge in [0.2, 0.25) is 5.89 Å². The molecular formula is C19H19Cl2N5O2. The Balaban J connectivity index is 0.00000140. The van der Waals surface area contributed by atoms with Gasteiger partial charge in [0.15, 0.2) is 5.69 Å². The summed E-state index contributed by atoms with van der Waals surface area (Å²) in [4.78, 5) is 23.0. The lowest BCUT2D eigenvalue weighted by molar-refractivity contribution is 0.0995. The highest BCUT2D eigenvalue weighted by Crippen LogP contribution is 2.26. The summed E-state index contributed by atoms with van der Waals surface area (Å²) in [7, 11) is 0. The van der Waals surface area contributed by atoms with Gasteiger partial charge in [-0.2, -0.15) is 0 Å². The highest BCUT2D eigenvalue weighted by Gasteiger charge is 2.11. The van der Waals surface area contributed by atoms with Gasteiger partial charge in [-0.3, -0.25) is 4.79 Å². The second-order valence-electron chi connectivity index (χ2n) is 5.93. The zero-order valence-corrected chi connectivity index (χ0v) is 16.3. The number of primary amides is 1. The second kappa shape index (κ2) is 8.88. The van der Waals surface area contributed by atoms with E-state index < -0.39 is 5.91 Å². The Morgan fingerprint density at radius 2 is 1.68 bits per heavy atom. The lowest BCUT2D eigenvalue weighted by Gasteiger charge is -2.03. The Labute approximate surface area is 173 Å². The maximum absolute atomic E-state index is 11.1. The highest BCUT2D eigenvalue weighted by atomic mass is 35.5. The van der Waals surface area contributed by atoms with Crippen molar-refractivity contribution in [3.05, 3.63) is 60.2 Å². The van der Waals surface area contributed by atoms with Crippen molar-refractivity contribution < 1.29 is 9.21 Å². The van der Waals surface area contributed by atoms with Crippen LogP contribution in [0.5, 0.6) is 0 Å². The number of amides is 1. The van der Waals surface area contributed by atoms with Gasteiger partial charge < -0.3 is 20.9 Å². The van der Waals surface area contributed by atoms with Gasteiger partial charge in [-0.15, -0.1) is 24.8 Å². The van der Waals surface area contributed by atoms with Gasteiger partial charge in [0, 0.05) is 12.0 Å². The molecule has 4 rings (SSSR count). The van der Waals surface area contributed by atoms with Crippen molar-refractivity contribution >= 4 is 41.8 Å². The van der Waals surface area contributed by atoms with Crippen LogP contribution in [0.3, 0.4) is 0 Å². The number of nitrogens with zero attached hydrogens (tertiary/aromatic N) is 2. The molecule has 0 bridgehead atoms. The van der Waals surface area contributed by atoms with Crippen molar-refractivity contribution in [2.45, 2.75) is 6.42 Å². The number of carbonyl (C=O) groups is 1. The molecule has 2 aromatic heterocycles. The van der Waals surface area contributed by atoms with Crippen LogP contribution in [-0.4, -0.2) is 27.4 Å². The van der Waals surface area contributed by atoms with Gasteiger partial charge in [0.1, 0.15) is 12.1 Å². The molecule has 146 valence electrons. The van der Waals surface area contributed by atoms with E-state index in [0.29, 0.717) is 12.4 Å². The number of H-pyrrole nitrogens is 1. The molecule has 1 amide bonds. The third-order valence-electron chi connectivity index (χ3n) is 4.13. The number of rotatable bonds is 5. The number of benzene rings is 2. The predicted octanol–water partition coefficient (Wildman–Crippen LogP) is 3.33. The fraction of sp³-hybridized carbons (Fsp3) is 0.105. The van der Waals surface area contributed by atoms with Crippen molar-refractivity contribution in [2.24, 2.45) is 11.5 Å². The van der Waals surface area contributed by atoms with Crippen LogP contribution >= 0.6 is 24.8 Å². The van der Waals surface area contributed by atoms with Gasteiger partial charge in [-0.1, -0.05) is 18.2 Å². The predicted molar refractivity (Wildman–Crippen MR) is 113 cm³/mol. The number of nitrogens with one attached hydrogen (secondary N) is 1. The SMILES string of the molecule is Cl.Cl.NCCc1nc2ccc(-c3ccc(-c4nc(C(N)=O)co4)cc3)cc2[nH]1. The van der Waals surface area contributed by atoms with Crippen LogP contribution in [0, 0.1) is 0 Å². The zero-order chi connectivity index (χ0) is 18.1. The molecule has 0 spiro atoms. The van der Waals surface area contributed by atoms with Gasteiger partial charge >= 0.3 is 0 Å². The smallest absolute Gasteiger partial charge is 0.270 e. The molecule has 0 aliphatic rings. The van der Waals surface area contributed by atoms with E-state index in [0.717, 1.165) is 40.0 Å². The number of oxazole rings is 1. The van der Waals surface area contributed by atoms with Crippen LogP contribution in [0.1, 0.15) is 16.3 Å². The number of hydrogen-bond acceptors (Lipinski definition) is 5. The fourth-order valence-electron chi connectivity index (χ4n) is 2.82. The molecular weight excluding hydrogens is 401 g/mol. The summed E-state index contributed by atoms with van der Waals surface area (Å²) in [6, 6.07) is 13.8. The van der Waals surface area contributed by atoms with E-state index in [1.165, 1.54) is 6.26 Å². The number of fused-ring (bicyclic) bond motifs is 1. The minimum Gasteiger partial charge on any atom is -0.444 e. The van der Waals surface area contributed by atoms with Crippen LogP contribution in [0.15, 0.2) is 53.1 Å². The summed E-state index contributed by atoms with van der Waals surface area (Å²) >= 11 is 0. The minimum absolute atomic E-state index is 0. The molecule has 0 saturated carbocycles. The van der Waals surface area contributed by atoms with Crippen molar-refractivity contribution in [1.82, 2.24) is 15.0 Å². The Kier molecular flexibility index (Phi) is 6.80. The monoisotopic (exact) mass is 419 g/mol. The van der Waals surface area contributed by atoms with Crippen molar-refractivity contribution in [1.29, 1.82) is 0 Å². The Hall–Kier alpha value is -2.87. The number of aromatic nitrogens is 3. The molecule has 4 aromatic rings. The summed E-state index contributed by atoms with van der Waals surface area (Å²) in [6.07, 6.45) is 1.98. The Morgan fingerprint density at radius 3 is 2.32 bits per heavy atom. The third-order valence-corrected chi connectivity index (χ3v) is 4.13. The van der Waals surface area contributed by atoms with Gasteiger partial charge in [-0.05, 0) is 41.9 Å². The molecule has 0 saturated heterocycles. The maximum Gasteiger partial charge on any atom is 0.270 e. The second-order valence-corrected chi connectivity index (χ2v) is 5.93. The molecule has 2 aromatic carbocycles. The fourth-order valence-corrected chi connectivity index (χ4v) is 2.82. The number of hydrogen-bond donors (Lipinski definition) is 3. The lowest BCUT2D eigenvalue weighted by atomic mass is 10.0. The molecule has 28 heavy (non-hydrogen) atoms. The molecule has 0 aliphatic carbocycles. The van der Waals surface area contributed by atoms with Gasteiger partial charge in [-0.25, -0.2) is 9.97 Å². The summed E-state index contributed by atoms with van der Waals surface area (Å²) in [5.41, 5.74) is 15.7. The topological polar surface area (TPSA) is 124 Å². The number of nitrogens with two attached hydrogens (primary N) is 2. The standard InChI is InChI=1S/C19H17N5O2.2ClH/c20-8-7-17-22-14-6-5-13(9-15(14)23-17)11-1-3-12(4-2-11)19-24-16(10-26-19)18(21)25;;/h1-6,9-10H,7-8,20H2,(H2,21,25)(H,22,23);2*1H. The first kappa shape index (κ1) is 21.4. The quantitative estimate of drug-likeness (QED) is 0.457. The van der Waals surface area contributed by atoms with Crippen molar-refractivity contribution in [3.63, 3.8) is 0 Å². The largest absolute Gasteiger partial charge is 0.444 e. The molecule has 9 heteroatoms. The summed E-state index contributed by atoms with van der Waals surface area (Å²) in [6.45, 7) is 0.562. The Bertz CT molecular complexity index is 1090. The van der Waals surface area contributed by atoms with Crippen LogP contribution in [-0.2, 0) is 6.42 Å². The zero-order valence-electron chi connectivity index (χ0n) is 14.7. The first-order valence-corrected chi connectivity index (χ1v) is 8.19. The molecule has 7 nitrogen and oxygen atoms in total. The first-order valence-electron chi connectivity index (χ1n) is 8.19. The molecule has 0 unspecified atom stereocenters. The molecule has 0 atom stereocenters. The van der Waals surface area contributed by atoms with Gasteiger partial charge in [0.05, 0.1) is 11.0 Å². The van der Waals surface area contributed by atoms with E-state index >= 15 is 0 Å². The lowest BCUT2D eigenvalue weighted by Crippen LogP contribution is -2.10. The average molecular weight is 420 g/mol. The van der Waals surface area contributed by atoms with Crippen LogP contribution in [0.2, 0.25) is 0 Å². The maximum atomic E-state index is 11.1. The molecule has 2 heterocycles. The third kappa shape index (κ3) is 4.17. The normalized spacial score (nSPS) is 10.3. The number of aromatic amines is 1. The Morgan fingerprint density at radius 1 is 1.00 bits per heavy atom. The van der Waals surface area contributed by atoms with E-state index in [1.807, 2.05) is 36.4 Å². The number of imidazole rings is 1. The van der Waals surface area contributed by atoms with Gasteiger partial charge in [0.25, 0.3) is 5.91 Å². The van der Waals surface area contributed by atoms with E-state index in [4.69, 9.17) is 15.9 Å². The van der Waals surface area contributed by atoms with Crippen molar-refractivity contribution in [2.75, 3.05) is 6.54 Å². The number of halogens is 2. The summed E-state index contributed by atoms with van der Waals surface area (Å²) in [5.74, 6) is 0.642. The van der Waals surface area contributed by atoms with E-state index in [9.17, 15) is 4.79 Å². The van der Waals surface area contributed by atoms with E-state index in [-0.39, 0.29) is 30.5 Å². The average Bonchev–Trinajstić information content (AvgIpc) is 3.28. The minimum atomic E-state index is -0.613. The van der Waals surface area contributed by atoms with Crippen LogP contribution < -0.4 is 11.5 Å². The summed E-state index contributed by atoms with van der Waals surface area (Å²) in [5, 5.41) is 0. The first-order chi connectivity index (χ1) is 12.6. The highest BCUT2D eigenvalue weighted by molar-refractivity contribution is 5.91. The van der Waals surface area contributed by atoms with Crippen molar-refractivity contribution in [3.8, 4) is 22.6 Å². The molecule has 5 N–H and O–H groups in total. The summed E-state index contributed by atoms with van der Waals surface area (Å²) < 4.78 is 5.31. The molecule has 0 fully saturated rings.